The van der Waals surface area contributed by atoms with Crippen molar-refractivity contribution >= 4 is 21.8 Å². The fourth-order valence-corrected chi connectivity index (χ4v) is 2.56. The third kappa shape index (κ3) is 2.67. The van der Waals surface area contributed by atoms with Crippen molar-refractivity contribution in [2.45, 2.75) is 13.0 Å². The van der Waals surface area contributed by atoms with Crippen LogP contribution in [0.1, 0.15) is 17.3 Å². The van der Waals surface area contributed by atoms with Gasteiger partial charge in [-0.3, -0.25) is 4.79 Å². The Morgan fingerprint density at radius 1 is 1.56 bits per heavy atom. The van der Waals surface area contributed by atoms with Crippen molar-refractivity contribution in [3.05, 3.63) is 28.2 Å². The molecule has 4 nitrogen and oxygen atoms in total. The number of nitrogens with zero attached hydrogens (tertiary/aromatic N) is 1. The van der Waals surface area contributed by atoms with Crippen LogP contribution < -0.4 is 4.74 Å². The number of methoxy groups -OCH3 is 1. The van der Waals surface area contributed by atoms with E-state index in [0.29, 0.717) is 31.0 Å². The first-order valence-corrected chi connectivity index (χ1v) is 6.66. The highest BCUT2D eigenvalue weighted by Gasteiger charge is 2.26. The maximum absolute atomic E-state index is 12.5. The third-order valence-corrected chi connectivity index (χ3v) is 3.60. The van der Waals surface area contributed by atoms with Crippen molar-refractivity contribution in [3.8, 4) is 5.75 Å². The predicted octanol–water partition coefficient (Wildman–Crippen LogP) is 2.32. The second-order valence-electron chi connectivity index (χ2n) is 4.25. The minimum absolute atomic E-state index is 0.0190. The van der Waals surface area contributed by atoms with Crippen LogP contribution in [0, 0.1) is 0 Å². The molecule has 1 saturated heterocycles. The first kappa shape index (κ1) is 13.4. The molecule has 1 amide bonds. The number of carbonyl (C=O) groups excluding carboxylic acids is 1. The highest BCUT2D eigenvalue weighted by atomic mass is 79.9. The number of morpholine rings is 1. The quantitative estimate of drug-likeness (QED) is 0.841. The van der Waals surface area contributed by atoms with Crippen LogP contribution in [0.2, 0.25) is 0 Å². The lowest BCUT2D eigenvalue weighted by molar-refractivity contribution is -0.0125. The molecule has 18 heavy (non-hydrogen) atoms. The molecule has 0 aliphatic carbocycles. The van der Waals surface area contributed by atoms with Gasteiger partial charge in [-0.15, -0.1) is 0 Å². The number of hydrogen-bond donors (Lipinski definition) is 0. The fraction of sp³-hybridized carbons (Fsp3) is 0.462. The number of halogens is 1. The summed E-state index contributed by atoms with van der Waals surface area (Å²) in [5.74, 6) is 0.572. The number of benzene rings is 1. The highest BCUT2D eigenvalue weighted by Crippen LogP contribution is 2.28. The van der Waals surface area contributed by atoms with E-state index in [-0.39, 0.29) is 12.0 Å². The highest BCUT2D eigenvalue weighted by molar-refractivity contribution is 9.10. The first-order chi connectivity index (χ1) is 8.63. The second-order valence-corrected chi connectivity index (χ2v) is 5.10. The van der Waals surface area contributed by atoms with E-state index in [9.17, 15) is 4.79 Å². The zero-order chi connectivity index (χ0) is 13.1. The Kier molecular flexibility index (Phi) is 4.24. The summed E-state index contributed by atoms with van der Waals surface area (Å²) in [7, 11) is 1.57. The smallest absolute Gasteiger partial charge is 0.258 e. The summed E-state index contributed by atoms with van der Waals surface area (Å²) in [4.78, 5) is 14.3. The normalized spacial score (nSPS) is 19.7. The molecule has 0 bridgehead atoms. The van der Waals surface area contributed by atoms with Gasteiger partial charge < -0.3 is 14.4 Å². The molecule has 1 aromatic carbocycles. The summed E-state index contributed by atoms with van der Waals surface area (Å²) in [6.07, 6.45) is 0.0798. The zero-order valence-electron chi connectivity index (χ0n) is 10.5. The van der Waals surface area contributed by atoms with Gasteiger partial charge in [-0.25, -0.2) is 0 Å². The fourth-order valence-electron chi connectivity index (χ4n) is 2.04. The lowest BCUT2D eigenvalue weighted by atomic mass is 10.1. The Balaban J connectivity index is 2.28. The van der Waals surface area contributed by atoms with Crippen molar-refractivity contribution in [1.29, 1.82) is 0 Å². The van der Waals surface area contributed by atoms with Crippen molar-refractivity contribution in [2.24, 2.45) is 0 Å². The van der Waals surface area contributed by atoms with Crippen molar-refractivity contribution in [1.82, 2.24) is 4.90 Å². The third-order valence-electron chi connectivity index (χ3n) is 2.94. The van der Waals surface area contributed by atoms with E-state index in [1.807, 2.05) is 19.1 Å². The number of amides is 1. The van der Waals surface area contributed by atoms with Crippen LogP contribution in [0.5, 0.6) is 5.75 Å². The summed E-state index contributed by atoms with van der Waals surface area (Å²) in [6, 6.07) is 5.49. The van der Waals surface area contributed by atoms with E-state index < -0.39 is 0 Å². The van der Waals surface area contributed by atoms with Gasteiger partial charge in [-0.05, 0) is 35.0 Å². The van der Waals surface area contributed by atoms with Crippen LogP contribution in [0.3, 0.4) is 0 Å². The second kappa shape index (κ2) is 5.71. The van der Waals surface area contributed by atoms with Gasteiger partial charge in [0, 0.05) is 17.6 Å². The van der Waals surface area contributed by atoms with Gasteiger partial charge >= 0.3 is 0 Å². The Morgan fingerprint density at radius 3 is 3.00 bits per heavy atom. The molecular formula is C13H16BrNO3. The van der Waals surface area contributed by atoms with Gasteiger partial charge in [-0.1, -0.05) is 6.07 Å². The average molecular weight is 314 g/mol. The van der Waals surface area contributed by atoms with Gasteiger partial charge in [0.25, 0.3) is 5.91 Å². The Labute approximate surface area is 115 Å². The molecule has 0 N–H and O–H groups in total. The molecule has 0 aromatic heterocycles. The number of rotatable bonds is 2. The molecule has 0 radical (unpaired) electrons. The lowest BCUT2D eigenvalue weighted by Gasteiger charge is -2.31. The molecule has 1 fully saturated rings. The molecule has 2 rings (SSSR count). The molecular weight excluding hydrogens is 298 g/mol. The monoisotopic (exact) mass is 313 g/mol. The maximum Gasteiger partial charge on any atom is 0.258 e. The van der Waals surface area contributed by atoms with Gasteiger partial charge in [0.2, 0.25) is 0 Å². The number of hydrogen-bond acceptors (Lipinski definition) is 3. The van der Waals surface area contributed by atoms with E-state index in [2.05, 4.69) is 15.9 Å². The topological polar surface area (TPSA) is 38.8 Å². The molecule has 1 aromatic rings. The maximum atomic E-state index is 12.5. The van der Waals surface area contributed by atoms with E-state index >= 15 is 0 Å². The van der Waals surface area contributed by atoms with Crippen LogP contribution in [0.4, 0.5) is 0 Å². The van der Waals surface area contributed by atoms with Gasteiger partial charge in [0.1, 0.15) is 5.75 Å². The first-order valence-electron chi connectivity index (χ1n) is 5.87. The zero-order valence-corrected chi connectivity index (χ0v) is 12.1. The molecule has 5 heteroatoms. The van der Waals surface area contributed by atoms with Crippen LogP contribution in [-0.2, 0) is 4.74 Å². The number of ether oxygens (including phenoxy) is 2. The van der Waals surface area contributed by atoms with Crippen LogP contribution >= 0.6 is 15.9 Å². The van der Waals surface area contributed by atoms with Crippen molar-refractivity contribution in [2.75, 3.05) is 26.8 Å². The summed E-state index contributed by atoms with van der Waals surface area (Å²) in [5.41, 5.74) is 0.578. The van der Waals surface area contributed by atoms with Crippen LogP contribution in [0.25, 0.3) is 0 Å². The molecule has 1 aliphatic heterocycles. The van der Waals surface area contributed by atoms with E-state index in [1.165, 1.54) is 0 Å². The van der Waals surface area contributed by atoms with Crippen LogP contribution in [-0.4, -0.2) is 43.7 Å². The Morgan fingerprint density at radius 2 is 2.33 bits per heavy atom. The summed E-state index contributed by atoms with van der Waals surface area (Å²) in [6.45, 7) is 3.79. The predicted molar refractivity (Wildman–Crippen MR) is 72.0 cm³/mol. The van der Waals surface area contributed by atoms with E-state index in [1.54, 1.807) is 18.1 Å². The average Bonchev–Trinajstić information content (AvgIpc) is 2.37. The summed E-state index contributed by atoms with van der Waals surface area (Å²) < 4.78 is 11.5. The lowest BCUT2D eigenvalue weighted by Crippen LogP contribution is -2.44. The summed E-state index contributed by atoms with van der Waals surface area (Å²) >= 11 is 3.41. The molecule has 1 aliphatic rings. The molecule has 1 atom stereocenters. The molecule has 0 saturated carbocycles. The summed E-state index contributed by atoms with van der Waals surface area (Å²) in [5, 5.41) is 0. The molecule has 1 heterocycles. The van der Waals surface area contributed by atoms with Gasteiger partial charge in [-0.2, -0.15) is 0 Å². The minimum Gasteiger partial charge on any atom is -0.496 e. The van der Waals surface area contributed by atoms with Crippen LogP contribution in [0.15, 0.2) is 22.7 Å². The number of carbonyl (C=O) groups is 1. The minimum atomic E-state index is -0.0190. The Hall–Kier alpha value is -1.07. The van der Waals surface area contributed by atoms with E-state index in [0.717, 1.165) is 4.47 Å². The molecule has 0 spiro atoms. The molecule has 98 valence electrons. The van der Waals surface area contributed by atoms with Crippen molar-refractivity contribution < 1.29 is 14.3 Å². The largest absolute Gasteiger partial charge is 0.496 e. The van der Waals surface area contributed by atoms with E-state index in [4.69, 9.17) is 9.47 Å². The van der Waals surface area contributed by atoms with Gasteiger partial charge in [0.05, 0.1) is 25.4 Å². The standard InChI is InChI=1S/C13H16BrNO3/c1-9-8-15(6-7-18-9)13(16)12-10(14)4-3-5-11(12)17-2/h3-5,9H,6-8H2,1-2H3/t9-/m0/s1. The molecule has 0 unspecified atom stereocenters. The van der Waals surface area contributed by atoms with Gasteiger partial charge in [0.15, 0.2) is 0 Å². The Bertz CT molecular complexity index is 450. The van der Waals surface area contributed by atoms with Crippen molar-refractivity contribution in [3.63, 3.8) is 0 Å². The SMILES string of the molecule is COc1cccc(Br)c1C(=O)N1CCO[C@@H](C)C1.